The predicted molar refractivity (Wildman–Crippen MR) is 41.1 cm³/mol. The molecule has 3 heteroatoms. The molecule has 0 unspecified atom stereocenters. The largest absolute Gasteiger partial charge is 0.270 e. The van der Waals surface area contributed by atoms with Gasteiger partial charge in [0.2, 0.25) is 0 Å². The maximum absolute atomic E-state index is 4.12. The minimum atomic E-state index is 1.12. The van der Waals surface area contributed by atoms with Crippen LogP contribution in [0.2, 0.25) is 0 Å². The molecule has 0 spiro atoms. The van der Waals surface area contributed by atoms with Gasteiger partial charge in [-0.1, -0.05) is 0 Å². The lowest BCUT2D eigenvalue weighted by Crippen LogP contribution is -2.18. The van der Waals surface area contributed by atoms with Crippen molar-refractivity contribution in [2.24, 2.45) is 7.05 Å². The number of aromatic nitrogens is 3. The van der Waals surface area contributed by atoms with Crippen molar-refractivity contribution in [3.8, 4) is 0 Å². The normalized spacial score (nSPS) is 10.7. The van der Waals surface area contributed by atoms with Crippen molar-refractivity contribution >= 4 is 5.65 Å². The van der Waals surface area contributed by atoms with Crippen molar-refractivity contribution in [1.82, 2.24) is 9.78 Å². The van der Waals surface area contributed by atoms with Gasteiger partial charge >= 0.3 is 0 Å². The molecule has 0 aliphatic rings. The van der Waals surface area contributed by atoms with Crippen molar-refractivity contribution in [3.63, 3.8) is 0 Å². The number of rotatable bonds is 0. The first-order chi connectivity index (χ1) is 5.27. The Kier molecular flexibility index (Phi) is 1.18. The zero-order valence-corrected chi connectivity index (χ0v) is 6.65. The van der Waals surface area contributed by atoms with Crippen LogP contribution in [0.5, 0.6) is 0 Å². The maximum atomic E-state index is 4.12. The number of pyridine rings is 1. The second kappa shape index (κ2) is 2.05. The second-order valence-electron chi connectivity index (χ2n) is 2.72. The molecule has 0 fully saturated rings. The van der Waals surface area contributed by atoms with E-state index in [-0.39, 0.29) is 0 Å². The van der Waals surface area contributed by atoms with E-state index in [1.54, 1.807) is 6.33 Å². The summed E-state index contributed by atoms with van der Waals surface area (Å²) in [5.41, 5.74) is 2.37. The van der Waals surface area contributed by atoms with Crippen molar-refractivity contribution in [3.05, 3.63) is 30.2 Å². The van der Waals surface area contributed by atoms with Crippen molar-refractivity contribution < 1.29 is 4.40 Å². The molecule has 11 heavy (non-hydrogen) atoms. The Labute approximate surface area is 64.9 Å². The number of hydrogen-bond donors (Lipinski definition) is 0. The molecule has 0 atom stereocenters. The number of nitrogens with zero attached hydrogens (tertiary/aromatic N) is 3. The second-order valence-corrected chi connectivity index (χ2v) is 2.72. The Morgan fingerprint density at radius 1 is 1.55 bits per heavy atom. The minimum Gasteiger partial charge on any atom is -0.204 e. The number of aryl methyl sites for hydroxylation is 2. The van der Waals surface area contributed by atoms with Gasteiger partial charge in [0.05, 0.1) is 13.2 Å². The third-order valence-corrected chi connectivity index (χ3v) is 1.80. The predicted octanol–water partition coefficient (Wildman–Crippen LogP) is 0.467. The summed E-state index contributed by atoms with van der Waals surface area (Å²) in [6.07, 6.45) is 3.81. The molecule has 2 aromatic rings. The summed E-state index contributed by atoms with van der Waals surface area (Å²) in [5.74, 6) is 0. The highest BCUT2D eigenvalue weighted by molar-refractivity contribution is 5.31. The van der Waals surface area contributed by atoms with Crippen LogP contribution in [0.25, 0.3) is 5.65 Å². The van der Waals surface area contributed by atoms with Crippen LogP contribution in [-0.2, 0) is 7.05 Å². The topological polar surface area (TPSA) is 21.9 Å². The Bertz CT molecular complexity index is 389. The van der Waals surface area contributed by atoms with Crippen LogP contribution >= 0.6 is 0 Å². The fraction of sp³-hybridized carbons (Fsp3) is 0.250. The highest BCUT2D eigenvalue weighted by atomic mass is 15.3. The molecular weight excluding hydrogens is 138 g/mol. The van der Waals surface area contributed by atoms with Crippen LogP contribution in [-0.4, -0.2) is 9.78 Å². The summed E-state index contributed by atoms with van der Waals surface area (Å²) < 4.78 is 3.85. The van der Waals surface area contributed by atoms with Crippen LogP contribution in [0.4, 0.5) is 0 Å². The van der Waals surface area contributed by atoms with Gasteiger partial charge in [-0.15, -0.1) is 4.68 Å². The highest BCUT2D eigenvalue weighted by Gasteiger charge is 2.04. The van der Waals surface area contributed by atoms with E-state index in [9.17, 15) is 0 Å². The first-order valence-electron chi connectivity index (χ1n) is 3.57. The minimum absolute atomic E-state index is 1.12. The van der Waals surface area contributed by atoms with Crippen molar-refractivity contribution in [2.45, 2.75) is 6.92 Å². The first-order valence-corrected chi connectivity index (χ1v) is 3.57. The summed E-state index contributed by atoms with van der Waals surface area (Å²) in [5, 5.41) is 4.12. The Hall–Kier alpha value is -1.38. The average Bonchev–Trinajstić information content (AvgIpc) is 2.33. The lowest BCUT2D eigenvalue weighted by atomic mass is 10.3. The van der Waals surface area contributed by atoms with Gasteiger partial charge in [-0.05, 0) is 18.6 Å². The summed E-state index contributed by atoms with van der Waals surface area (Å²) >= 11 is 0. The van der Waals surface area contributed by atoms with Crippen LogP contribution < -0.4 is 4.40 Å². The number of fused-ring (bicyclic) bond motifs is 1. The van der Waals surface area contributed by atoms with Gasteiger partial charge < -0.3 is 0 Å². The molecule has 0 saturated carbocycles. The molecule has 0 aromatic carbocycles. The summed E-state index contributed by atoms with van der Waals surface area (Å²) in [7, 11) is 1.94. The molecule has 56 valence electrons. The van der Waals surface area contributed by atoms with E-state index in [2.05, 4.69) is 24.2 Å². The zero-order valence-electron chi connectivity index (χ0n) is 6.65. The third kappa shape index (κ3) is 0.888. The number of hydrogen-bond acceptors (Lipinski definition) is 1. The van der Waals surface area contributed by atoms with E-state index in [0.29, 0.717) is 0 Å². The Morgan fingerprint density at radius 2 is 2.36 bits per heavy atom. The Morgan fingerprint density at radius 3 is 3.18 bits per heavy atom. The average molecular weight is 148 g/mol. The van der Waals surface area contributed by atoms with Crippen LogP contribution in [0.1, 0.15) is 5.56 Å². The SMILES string of the molecule is Cc1cc[n+]2cnn(C)c2c1. The van der Waals surface area contributed by atoms with Gasteiger partial charge in [0.25, 0.3) is 12.0 Å². The summed E-state index contributed by atoms with van der Waals surface area (Å²) in [6, 6.07) is 4.17. The maximum Gasteiger partial charge on any atom is 0.270 e. The van der Waals surface area contributed by atoms with E-state index in [4.69, 9.17) is 0 Å². The van der Waals surface area contributed by atoms with E-state index >= 15 is 0 Å². The van der Waals surface area contributed by atoms with Gasteiger partial charge in [-0.2, -0.15) is 0 Å². The summed E-state index contributed by atoms with van der Waals surface area (Å²) in [4.78, 5) is 0. The molecule has 0 saturated heterocycles. The van der Waals surface area contributed by atoms with Gasteiger partial charge in [0.15, 0.2) is 0 Å². The molecule has 2 aromatic heterocycles. The van der Waals surface area contributed by atoms with E-state index in [1.807, 2.05) is 22.3 Å². The molecule has 0 N–H and O–H groups in total. The van der Waals surface area contributed by atoms with Gasteiger partial charge in [-0.3, -0.25) is 0 Å². The van der Waals surface area contributed by atoms with E-state index in [1.165, 1.54) is 5.56 Å². The molecule has 2 rings (SSSR count). The molecular formula is C8H10N3+. The molecule has 0 amide bonds. The first kappa shape index (κ1) is 6.34. The van der Waals surface area contributed by atoms with Gasteiger partial charge in [0, 0.05) is 11.2 Å². The third-order valence-electron chi connectivity index (χ3n) is 1.80. The van der Waals surface area contributed by atoms with Crippen molar-refractivity contribution in [1.29, 1.82) is 0 Å². The standard InChI is InChI=1S/C8H10N3/c1-7-3-4-11-6-9-10(2)8(11)5-7/h3-6H,1-2H3/q+1. The molecule has 3 nitrogen and oxygen atoms in total. The molecule has 0 aliphatic heterocycles. The van der Waals surface area contributed by atoms with Crippen LogP contribution in [0.15, 0.2) is 24.7 Å². The lowest BCUT2D eigenvalue weighted by molar-refractivity contribution is -0.512. The fourth-order valence-electron chi connectivity index (χ4n) is 1.15. The molecule has 0 bridgehead atoms. The molecule has 2 heterocycles. The fourth-order valence-corrected chi connectivity index (χ4v) is 1.15. The highest BCUT2D eigenvalue weighted by Crippen LogP contribution is 1.97. The van der Waals surface area contributed by atoms with E-state index < -0.39 is 0 Å². The summed E-state index contributed by atoms with van der Waals surface area (Å²) in [6.45, 7) is 2.08. The monoisotopic (exact) mass is 148 g/mol. The quantitative estimate of drug-likeness (QED) is 0.498. The Balaban J connectivity index is 2.87. The van der Waals surface area contributed by atoms with Gasteiger partial charge in [0.1, 0.15) is 0 Å². The van der Waals surface area contributed by atoms with Crippen LogP contribution in [0, 0.1) is 6.92 Å². The van der Waals surface area contributed by atoms with Crippen LogP contribution in [0.3, 0.4) is 0 Å². The zero-order chi connectivity index (χ0) is 7.84. The van der Waals surface area contributed by atoms with Gasteiger partial charge in [-0.25, -0.2) is 4.40 Å². The van der Waals surface area contributed by atoms with Crippen molar-refractivity contribution in [2.75, 3.05) is 0 Å². The molecule has 0 radical (unpaired) electrons. The molecule has 0 aliphatic carbocycles. The van der Waals surface area contributed by atoms with E-state index in [0.717, 1.165) is 5.65 Å². The smallest absolute Gasteiger partial charge is 0.204 e. The lowest BCUT2D eigenvalue weighted by Gasteiger charge is -1.88.